The van der Waals surface area contributed by atoms with Gasteiger partial charge in [0.25, 0.3) is 0 Å². The molecule has 0 spiro atoms. The Morgan fingerprint density at radius 1 is 1.16 bits per heavy atom. The Labute approximate surface area is 162 Å². The minimum atomic E-state index is 0.0712. The highest BCUT2D eigenvalue weighted by atomic mass is 79.9. The molecular formula is C22H34BrNO. The molecule has 1 saturated carbocycles. The standard InChI is InChI=1S/C22H34BrNO/c1-4-5-6-17-7-11-19(12-8-17)21(25)24-16-22(2,3)15-18-9-13-20(23)14-10-18/h9-10,13-14,17,19H,4-8,11-12,15-16H2,1-3H3,(H,24,25). The largest absolute Gasteiger partial charge is 0.355 e. The van der Waals surface area contributed by atoms with E-state index >= 15 is 0 Å². The fourth-order valence-electron chi connectivity index (χ4n) is 3.89. The molecule has 1 aromatic rings. The van der Waals surface area contributed by atoms with E-state index in [2.05, 4.69) is 66.3 Å². The van der Waals surface area contributed by atoms with Crippen LogP contribution in [0, 0.1) is 17.3 Å². The summed E-state index contributed by atoms with van der Waals surface area (Å²) in [5, 5.41) is 3.23. The fourth-order valence-corrected chi connectivity index (χ4v) is 4.16. The summed E-state index contributed by atoms with van der Waals surface area (Å²) in [5.41, 5.74) is 1.39. The van der Waals surface area contributed by atoms with E-state index in [1.165, 1.54) is 37.7 Å². The van der Waals surface area contributed by atoms with E-state index in [4.69, 9.17) is 0 Å². The average molecular weight is 408 g/mol. The second-order valence-corrected chi connectivity index (χ2v) is 9.46. The lowest BCUT2D eigenvalue weighted by Crippen LogP contribution is -2.39. The van der Waals surface area contributed by atoms with Gasteiger partial charge in [0.1, 0.15) is 0 Å². The van der Waals surface area contributed by atoms with Crippen LogP contribution < -0.4 is 5.32 Å². The summed E-state index contributed by atoms with van der Waals surface area (Å²) in [6.45, 7) is 7.47. The van der Waals surface area contributed by atoms with Gasteiger partial charge in [-0.3, -0.25) is 4.79 Å². The van der Waals surface area contributed by atoms with Gasteiger partial charge in [0, 0.05) is 16.9 Å². The summed E-state index contributed by atoms with van der Waals surface area (Å²) in [5.74, 6) is 1.37. The summed E-state index contributed by atoms with van der Waals surface area (Å²) < 4.78 is 1.11. The normalized spacial score (nSPS) is 21.1. The van der Waals surface area contributed by atoms with Gasteiger partial charge in [-0.2, -0.15) is 0 Å². The van der Waals surface area contributed by atoms with Crippen molar-refractivity contribution in [3.63, 3.8) is 0 Å². The summed E-state index contributed by atoms with van der Waals surface area (Å²) in [7, 11) is 0. The summed E-state index contributed by atoms with van der Waals surface area (Å²) >= 11 is 3.48. The Morgan fingerprint density at radius 3 is 2.40 bits per heavy atom. The van der Waals surface area contributed by atoms with Crippen LogP contribution in [0.4, 0.5) is 0 Å². The molecule has 1 aromatic carbocycles. The smallest absolute Gasteiger partial charge is 0.223 e. The molecule has 0 saturated heterocycles. The van der Waals surface area contributed by atoms with Gasteiger partial charge in [-0.15, -0.1) is 0 Å². The van der Waals surface area contributed by atoms with E-state index in [1.54, 1.807) is 0 Å². The molecule has 1 amide bonds. The van der Waals surface area contributed by atoms with Crippen molar-refractivity contribution in [1.29, 1.82) is 0 Å². The maximum absolute atomic E-state index is 12.5. The number of carbonyl (C=O) groups is 1. The maximum atomic E-state index is 12.5. The SMILES string of the molecule is CCCCC1CCC(C(=O)NCC(C)(C)Cc2ccc(Br)cc2)CC1. The van der Waals surface area contributed by atoms with E-state index in [0.29, 0.717) is 0 Å². The van der Waals surface area contributed by atoms with Crippen LogP contribution >= 0.6 is 15.9 Å². The lowest BCUT2D eigenvalue weighted by Gasteiger charge is -2.30. The number of amides is 1. The zero-order chi connectivity index (χ0) is 18.3. The quantitative estimate of drug-likeness (QED) is 0.551. The molecule has 1 aliphatic rings. The Hall–Kier alpha value is -0.830. The molecule has 0 bridgehead atoms. The molecule has 0 heterocycles. The predicted molar refractivity (Wildman–Crippen MR) is 110 cm³/mol. The van der Waals surface area contributed by atoms with Gasteiger partial charge in [-0.05, 0) is 61.1 Å². The topological polar surface area (TPSA) is 29.1 Å². The van der Waals surface area contributed by atoms with E-state index in [-0.39, 0.29) is 17.2 Å². The molecule has 1 fully saturated rings. The molecule has 0 atom stereocenters. The van der Waals surface area contributed by atoms with Gasteiger partial charge in [0.2, 0.25) is 5.91 Å². The molecule has 0 radical (unpaired) electrons. The Morgan fingerprint density at radius 2 is 1.80 bits per heavy atom. The third kappa shape index (κ3) is 7.13. The third-order valence-electron chi connectivity index (χ3n) is 5.52. The fraction of sp³-hybridized carbons (Fsp3) is 0.682. The van der Waals surface area contributed by atoms with E-state index in [0.717, 1.165) is 36.2 Å². The molecule has 0 aliphatic heterocycles. The number of hydrogen-bond donors (Lipinski definition) is 1. The number of rotatable bonds is 8. The summed E-state index contributed by atoms with van der Waals surface area (Å²) in [4.78, 5) is 12.5. The van der Waals surface area contributed by atoms with Crippen LogP contribution in [-0.4, -0.2) is 12.5 Å². The average Bonchev–Trinajstić information content (AvgIpc) is 2.60. The van der Waals surface area contributed by atoms with Crippen LogP contribution in [0.15, 0.2) is 28.7 Å². The first-order chi connectivity index (χ1) is 11.9. The molecule has 2 rings (SSSR count). The van der Waals surface area contributed by atoms with Gasteiger partial charge in [0.05, 0.1) is 0 Å². The first-order valence-corrected chi connectivity index (χ1v) is 10.7. The Kier molecular flexibility index (Phi) is 7.99. The van der Waals surface area contributed by atoms with Crippen molar-refractivity contribution in [1.82, 2.24) is 5.32 Å². The van der Waals surface area contributed by atoms with Gasteiger partial charge in [0.15, 0.2) is 0 Å². The molecule has 1 N–H and O–H groups in total. The number of carbonyl (C=O) groups excluding carboxylic acids is 1. The number of halogens is 1. The maximum Gasteiger partial charge on any atom is 0.223 e. The van der Waals surface area contributed by atoms with E-state index in [9.17, 15) is 4.79 Å². The Bertz CT molecular complexity index is 529. The summed E-state index contributed by atoms with van der Waals surface area (Å²) in [6.07, 6.45) is 9.58. The van der Waals surface area contributed by atoms with Crippen molar-refractivity contribution in [2.24, 2.45) is 17.3 Å². The van der Waals surface area contributed by atoms with Crippen molar-refractivity contribution in [2.75, 3.05) is 6.54 Å². The molecule has 3 heteroatoms. The van der Waals surface area contributed by atoms with Crippen LogP contribution in [0.25, 0.3) is 0 Å². The zero-order valence-corrected chi connectivity index (χ0v) is 17.7. The van der Waals surface area contributed by atoms with Crippen molar-refractivity contribution in [3.8, 4) is 0 Å². The first kappa shape index (κ1) is 20.5. The molecule has 25 heavy (non-hydrogen) atoms. The minimum Gasteiger partial charge on any atom is -0.355 e. The molecular weight excluding hydrogens is 374 g/mol. The molecule has 1 aliphatic carbocycles. The van der Waals surface area contributed by atoms with Crippen molar-refractivity contribution >= 4 is 21.8 Å². The monoisotopic (exact) mass is 407 g/mol. The van der Waals surface area contributed by atoms with Gasteiger partial charge in [-0.25, -0.2) is 0 Å². The van der Waals surface area contributed by atoms with Gasteiger partial charge in [-0.1, -0.05) is 68.1 Å². The summed E-state index contributed by atoms with van der Waals surface area (Å²) in [6, 6.07) is 8.48. The number of unbranched alkanes of at least 4 members (excludes halogenated alkanes) is 1. The lowest BCUT2D eigenvalue weighted by atomic mass is 9.79. The number of hydrogen-bond acceptors (Lipinski definition) is 1. The second-order valence-electron chi connectivity index (χ2n) is 8.55. The first-order valence-electron chi connectivity index (χ1n) is 9.92. The number of nitrogens with one attached hydrogen (secondary N) is 1. The zero-order valence-electron chi connectivity index (χ0n) is 16.1. The van der Waals surface area contributed by atoms with E-state index in [1.807, 2.05) is 0 Å². The third-order valence-corrected chi connectivity index (χ3v) is 6.05. The Balaban J connectivity index is 1.74. The predicted octanol–water partition coefficient (Wildman–Crippen LogP) is 6.13. The van der Waals surface area contributed by atoms with Crippen LogP contribution in [0.3, 0.4) is 0 Å². The lowest BCUT2D eigenvalue weighted by molar-refractivity contribution is -0.126. The van der Waals surface area contributed by atoms with Crippen molar-refractivity contribution in [2.45, 2.75) is 72.1 Å². The van der Waals surface area contributed by atoms with Crippen molar-refractivity contribution in [3.05, 3.63) is 34.3 Å². The van der Waals surface area contributed by atoms with Gasteiger partial charge >= 0.3 is 0 Å². The molecule has 0 aromatic heterocycles. The van der Waals surface area contributed by atoms with Crippen LogP contribution in [0.2, 0.25) is 0 Å². The van der Waals surface area contributed by atoms with Crippen LogP contribution in [0.5, 0.6) is 0 Å². The second kappa shape index (κ2) is 9.75. The van der Waals surface area contributed by atoms with E-state index < -0.39 is 0 Å². The van der Waals surface area contributed by atoms with Crippen LogP contribution in [0.1, 0.15) is 71.3 Å². The highest BCUT2D eigenvalue weighted by Gasteiger charge is 2.27. The highest BCUT2D eigenvalue weighted by molar-refractivity contribution is 9.10. The highest BCUT2D eigenvalue weighted by Crippen LogP contribution is 2.32. The minimum absolute atomic E-state index is 0.0712. The number of benzene rings is 1. The van der Waals surface area contributed by atoms with Gasteiger partial charge < -0.3 is 5.32 Å². The molecule has 2 nitrogen and oxygen atoms in total. The van der Waals surface area contributed by atoms with Crippen molar-refractivity contribution < 1.29 is 4.79 Å². The van der Waals surface area contributed by atoms with Crippen LogP contribution in [-0.2, 0) is 11.2 Å². The molecule has 140 valence electrons. The molecule has 0 unspecified atom stereocenters.